The van der Waals surface area contributed by atoms with Crippen molar-refractivity contribution in [2.75, 3.05) is 0 Å². The first kappa shape index (κ1) is 4.69. The first-order chi connectivity index (χ1) is 7.27. The van der Waals surface area contributed by atoms with Gasteiger partial charge in [0.15, 0.2) is 0 Å². The Morgan fingerprint density at radius 3 is 2.64 bits per heavy atom. The minimum Gasteiger partial charge on any atom is -0.100 e. The van der Waals surface area contributed by atoms with Crippen molar-refractivity contribution in [3.05, 3.63) is 12.1 Å². The summed E-state index contributed by atoms with van der Waals surface area (Å²) in [7, 11) is 0. The molecule has 0 bridgehead atoms. The quantitative estimate of drug-likeness (QED) is 0.510. The highest BCUT2D eigenvalue weighted by atomic mass is 14.1. The lowest BCUT2D eigenvalue weighted by Gasteiger charge is -2.10. The molecule has 0 rings (SSSR count). The molecule has 0 nitrogen and oxygen atoms in total. The second kappa shape index (κ2) is 6.45. The van der Waals surface area contributed by atoms with E-state index in [1.807, 2.05) is 13.8 Å². The molecule has 0 aliphatic carbocycles. The van der Waals surface area contributed by atoms with E-state index in [2.05, 4.69) is 0 Å². The molecular weight excluding hydrogens is 132 g/mol. The molecule has 1 unspecified atom stereocenters. The van der Waals surface area contributed by atoms with Gasteiger partial charge in [0.25, 0.3) is 0 Å². The van der Waals surface area contributed by atoms with Crippen LogP contribution in [0, 0.1) is 5.92 Å². The first-order valence-electron chi connectivity index (χ1n) is 6.91. The fraction of sp³-hybridized carbons (Fsp3) is 0.818. The van der Waals surface area contributed by atoms with Crippen LogP contribution in [0.2, 0.25) is 0 Å². The number of allylic oxidation sites excluding steroid dienone is 1. The lowest BCUT2D eigenvalue weighted by molar-refractivity contribution is 0.441. The van der Waals surface area contributed by atoms with Gasteiger partial charge in [0.1, 0.15) is 0 Å². The second-order valence-electron chi connectivity index (χ2n) is 2.89. The summed E-state index contributed by atoms with van der Waals surface area (Å²) in [6.07, 6.45) is -0.367. The fourth-order valence-corrected chi connectivity index (χ4v) is 1.00. The number of hydrogen-bond donors (Lipinski definition) is 0. The summed E-state index contributed by atoms with van der Waals surface area (Å²) in [6, 6.07) is 0. The monoisotopic (exact) mass is 159 g/mol. The average Bonchev–Trinajstić information content (AvgIpc) is 2.23. The highest BCUT2D eigenvalue weighted by Gasteiger charge is 2.01. The molecule has 0 spiro atoms. The Labute approximate surface area is 78.7 Å². The summed E-state index contributed by atoms with van der Waals surface area (Å²) in [6.45, 7) is 5.01. The van der Waals surface area contributed by atoms with Gasteiger partial charge in [-0.3, -0.25) is 0 Å². The zero-order valence-electron chi connectivity index (χ0n) is 12.8. The van der Waals surface area contributed by atoms with Crippen LogP contribution in [-0.2, 0) is 0 Å². The van der Waals surface area contributed by atoms with Crippen LogP contribution in [0.25, 0.3) is 0 Å². The summed E-state index contributed by atoms with van der Waals surface area (Å²) < 4.78 is 37.7. The number of rotatable bonds is 6. The van der Waals surface area contributed by atoms with Crippen molar-refractivity contribution in [1.29, 1.82) is 0 Å². The Hall–Kier alpha value is -0.260. The molecule has 0 saturated heterocycles. The van der Waals surface area contributed by atoms with Gasteiger partial charge in [0, 0.05) is 4.11 Å². The molecule has 0 aliphatic rings. The van der Waals surface area contributed by atoms with E-state index in [0.717, 1.165) is 12.8 Å². The zero-order chi connectivity index (χ0) is 12.9. The van der Waals surface area contributed by atoms with Crippen LogP contribution in [0.5, 0.6) is 0 Å². The molecule has 0 heteroatoms. The Balaban J connectivity index is 4.70. The van der Waals surface area contributed by atoms with Gasteiger partial charge in [-0.15, -0.1) is 6.53 Å². The molecule has 0 radical (unpaired) electrons. The summed E-state index contributed by atoms with van der Waals surface area (Å²) in [5.74, 6) is 0.352. The molecule has 0 fully saturated rings. The van der Waals surface area contributed by atoms with Crippen LogP contribution < -0.4 is 0 Å². The largest absolute Gasteiger partial charge is 0.100 e. The summed E-state index contributed by atoms with van der Waals surface area (Å²) in [5, 5.41) is 0. The van der Waals surface area contributed by atoms with Crippen LogP contribution in [0.4, 0.5) is 0 Å². The van der Waals surface area contributed by atoms with Crippen molar-refractivity contribution in [2.24, 2.45) is 5.92 Å². The minimum absolute atomic E-state index is 0.0541. The molecule has 0 heterocycles. The van der Waals surface area contributed by atoms with E-state index in [1.54, 1.807) is 0 Å². The lowest BCUT2D eigenvalue weighted by atomic mass is 9.96. The van der Waals surface area contributed by atoms with Crippen molar-refractivity contribution in [1.82, 2.24) is 0 Å². The van der Waals surface area contributed by atoms with Gasteiger partial charge in [0.05, 0.1) is 2.74 Å². The predicted molar refractivity (Wildman–Crippen MR) is 52.7 cm³/mol. The third-order valence-electron chi connectivity index (χ3n) is 1.92. The van der Waals surface area contributed by atoms with E-state index in [4.69, 9.17) is 6.85 Å². The van der Waals surface area contributed by atoms with Gasteiger partial charge in [-0.1, -0.05) is 38.7 Å². The molecular formula is C11H22. The molecule has 0 aromatic rings. The van der Waals surface area contributed by atoms with E-state index >= 15 is 0 Å². The predicted octanol–water partition coefficient (Wildman–Crippen LogP) is 4.17. The fourth-order valence-electron chi connectivity index (χ4n) is 1.00. The maximum absolute atomic E-state index is 7.86. The second-order valence-corrected chi connectivity index (χ2v) is 2.89. The third-order valence-corrected chi connectivity index (χ3v) is 1.92. The smallest absolute Gasteiger partial charge is 0.0537 e. The zero-order valence-corrected chi connectivity index (χ0v) is 7.78. The van der Waals surface area contributed by atoms with E-state index < -0.39 is 19.3 Å². The summed E-state index contributed by atoms with van der Waals surface area (Å²) >= 11 is 0. The Kier molecular flexibility index (Phi) is 2.75. The summed E-state index contributed by atoms with van der Waals surface area (Å²) in [5.41, 5.74) is 0.0541. The SMILES string of the molecule is [2H]C([2H])=C(C)C([2H])([2H])C([2H])CC(CC)CC. The Morgan fingerprint density at radius 2 is 2.18 bits per heavy atom. The van der Waals surface area contributed by atoms with Gasteiger partial charge in [-0.05, 0) is 25.6 Å². The molecule has 11 heavy (non-hydrogen) atoms. The first-order valence-corrected chi connectivity index (χ1v) is 4.34. The van der Waals surface area contributed by atoms with Crippen LogP contribution in [-0.4, -0.2) is 0 Å². The van der Waals surface area contributed by atoms with Crippen LogP contribution >= 0.6 is 0 Å². The molecule has 0 N–H and O–H groups in total. The third kappa shape index (κ3) is 6.15. The molecule has 0 aromatic heterocycles. The standard InChI is InChI=1S/C11H22/c1-5-11(6-2)9-7-8-10(3)4/h11H,3,5-9H2,1-2,4H3/i3D2,7D,8D2. The van der Waals surface area contributed by atoms with Crippen molar-refractivity contribution >= 4 is 0 Å². The van der Waals surface area contributed by atoms with E-state index in [9.17, 15) is 0 Å². The van der Waals surface area contributed by atoms with Crippen molar-refractivity contribution in [3.63, 3.8) is 0 Å². The van der Waals surface area contributed by atoms with Crippen LogP contribution in [0.1, 0.15) is 59.7 Å². The molecule has 0 saturated carbocycles. The summed E-state index contributed by atoms with van der Waals surface area (Å²) in [4.78, 5) is 0. The Bertz CT molecular complexity index is 239. The van der Waals surface area contributed by atoms with Crippen molar-refractivity contribution < 1.29 is 6.85 Å². The highest BCUT2D eigenvalue weighted by molar-refractivity contribution is 4.87. The molecule has 0 amide bonds. The molecule has 0 aliphatic heterocycles. The van der Waals surface area contributed by atoms with Crippen LogP contribution in [0.3, 0.4) is 0 Å². The Morgan fingerprint density at radius 1 is 1.55 bits per heavy atom. The average molecular weight is 159 g/mol. The van der Waals surface area contributed by atoms with Crippen molar-refractivity contribution in [3.8, 4) is 0 Å². The van der Waals surface area contributed by atoms with Gasteiger partial charge >= 0.3 is 0 Å². The van der Waals surface area contributed by atoms with Crippen LogP contribution in [0.15, 0.2) is 12.1 Å². The topological polar surface area (TPSA) is 0 Å². The van der Waals surface area contributed by atoms with Crippen molar-refractivity contribution in [2.45, 2.75) is 52.8 Å². The minimum atomic E-state index is -1.86. The van der Waals surface area contributed by atoms with Gasteiger partial charge in [-0.25, -0.2) is 0 Å². The maximum Gasteiger partial charge on any atom is 0.0537 e. The van der Waals surface area contributed by atoms with E-state index in [0.29, 0.717) is 12.3 Å². The molecule has 1 atom stereocenters. The molecule has 0 aromatic carbocycles. The van der Waals surface area contributed by atoms with E-state index in [-0.39, 0.29) is 5.57 Å². The maximum atomic E-state index is 7.86. The van der Waals surface area contributed by atoms with E-state index in [1.165, 1.54) is 6.92 Å². The highest BCUT2D eigenvalue weighted by Crippen LogP contribution is 2.17. The van der Waals surface area contributed by atoms with Gasteiger partial charge in [0.2, 0.25) is 0 Å². The lowest BCUT2D eigenvalue weighted by Crippen LogP contribution is -1.96. The van der Waals surface area contributed by atoms with Gasteiger partial charge in [-0.2, -0.15) is 0 Å². The normalized spacial score (nSPS) is 20.9. The molecule has 66 valence electrons. The van der Waals surface area contributed by atoms with Gasteiger partial charge < -0.3 is 0 Å². The number of hydrogen-bond acceptors (Lipinski definition) is 0.